The summed E-state index contributed by atoms with van der Waals surface area (Å²) in [5.41, 5.74) is -1.15. The van der Waals surface area contributed by atoms with Gasteiger partial charge in [0.05, 0.1) is 0 Å². The first-order valence-corrected chi connectivity index (χ1v) is 8.91. The highest BCUT2D eigenvalue weighted by molar-refractivity contribution is 5.98. The van der Waals surface area contributed by atoms with E-state index in [1.807, 2.05) is 0 Å². The molecule has 0 spiro atoms. The first-order chi connectivity index (χ1) is 13.8. The van der Waals surface area contributed by atoms with Crippen LogP contribution in [0, 0.1) is 12.7 Å². The summed E-state index contributed by atoms with van der Waals surface area (Å²) in [6, 6.07) is 6.44. The molecule has 2 rings (SSSR count). The third kappa shape index (κ3) is 6.45. The van der Waals surface area contributed by atoms with Crippen molar-refractivity contribution >= 4 is 17.6 Å². The van der Waals surface area contributed by atoms with E-state index in [4.69, 9.17) is 0 Å². The van der Waals surface area contributed by atoms with Gasteiger partial charge >= 0.3 is 6.11 Å². The van der Waals surface area contributed by atoms with Gasteiger partial charge in [0.25, 0.3) is 11.8 Å². The summed E-state index contributed by atoms with van der Waals surface area (Å²) in [6.45, 7) is 4.39. The molecule has 10 heteroatoms. The molecule has 0 aliphatic heterocycles. The quantitative estimate of drug-likeness (QED) is 0.633. The Labute approximate surface area is 171 Å². The zero-order valence-corrected chi connectivity index (χ0v) is 16.8. The molecule has 0 atom stereocenters. The normalized spacial score (nSPS) is 11.7. The molecule has 0 aliphatic carbocycles. The minimum absolute atomic E-state index is 0.0496. The lowest BCUT2D eigenvalue weighted by atomic mass is 10.1. The predicted molar refractivity (Wildman–Crippen MR) is 103 cm³/mol. The number of rotatable bonds is 7. The van der Waals surface area contributed by atoms with E-state index in [0.29, 0.717) is 12.6 Å². The molecule has 0 saturated heterocycles. The number of anilines is 1. The minimum atomic E-state index is -3.55. The van der Waals surface area contributed by atoms with E-state index in [1.165, 1.54) is 38.1 Å². The largest absolute Gasteiger partial charge is 0.430 e. The Morgan fingerprint density at radius 2 is 1.87 bits per heavy atom. The number of hydrogen-bond acceptors (Lipinski definition) is 5. The van der Waals surface area contributed by atoms with Crippen LogP contribution in [-0.2, 0) is 11.3 Å². The second kappa shape index (κ2) is 8.70. The molecule has 162 valence electrons. The molecular formula is C20H22F3N3O4. The van der Waals surface area contributed by atoms with Gasteiger partial charge in [-0.05, 0) is 39.0 Å². The maximum absolute atomic E-state index is 14.3. The number of aromatic nitrogens is 1. The number of aryl methyl sites for hydroxylation is 1. The highest BCUT2D eigenvalue weighted by Crippen LogP contribution is 2.26. The van der Waals surface area contributed by atoms with Crippen molar-refractivity contribution in [3.05, 3.63) is 53.0 Å². The van der Waals surface area contributed by atoms with Crippen molar-refractivity contribution in [1.82, 2.24) is 10.3 Å². The predicted octanol–water partition coefficient (Wildman–Crippen LogP) is 3.16. The highest BCUT2D eigenvalue weighted by atomic mass is 19.3. The fourth-order valence-corrected chi connectivity index (χ4v) is 2.38. The fraction of sp³-hybridized carbons (Fsp3) is 0.350. The number of pyridine rings is 1. The van der Waals surface area contributed by atoms with Gasteiger partial charge in [-0.3, -0.25) is 9.59 Å². The van der Waals surface area contributed by atoms with E-state index >= 15 is 0 Å². The summed E-state index contributed by atoms with van der Waals surface area (Å²) in [5, 5.41) is 14.6. The summed E-state index contributed by atoms with van der Waals surface area (Å²) in [6.07, 6.45) is -3.55. The van der Waals surface area contributed by atoms with Crippen LogP contribution in [-0.4, -0.2) is 33.6 Å². The van der Waals surface area contributed by atoms with Crippen molar-refractivity contribution in [3.63, 3.8) is 0 Å². The lowest BCUT2D eigenvalue weighted by Crippen LogP contribution is -2.37. The molecule has 0 fully saturated rings. The minimum Gasteiger partial charge on any atom is -0.430 e. The lowest BCUT2D eigenvalue weighted by molar-refractivity contribution is -0.160. The van der Waals surface area contributed by atoms with E-state index < -0.39 is 35.1 Å². The Bertz CT molecular complexity index is 953. The van der Waals surface area contributed by atoms with E-state index in [-0.39, 0.29) is 23.5 Å². The summed E-state index contributed by atoms with van der Waals surface area (Å²) in [7, 11) is 0. The molecule has 0 aliphatic rings. The molecule has 1 heterocycles. The van der Waals surface area contributed by atoms with E-state index in [1.54, 1.807) is 6.92 Å². The van der Waals surface area contributed by atoms with Gasteiger partial charge in [-0.2, -0.15) is 8.78 Å². The molecule has 30 heavy (non-hydrogen) atoms. The van der Waals surface area contributed by atoms with Crippen molar-refractivity contribution in [3.8, 4) is 5.75 Å². The number of alkyl halides is 2. The van der Waals surface area contributed by atoms with Crippen LogP contribution in [0.3, 0.4) is 0 Å². The van der Waals surface area contributed by atoms with Gasteiger partial charge in [-0.1, -0.05) is 12.1 Å². The van der Waals surface area contributed by atoms with Crippen LogP contribution in [0.2, 0.25) is 0 Å². The Hall–Kier alpha value is -3.14. The molecule has 1 aromatic carbocycles. The van der Waals surface area contributed by atoms with Crippen molar-refractivity contribution < 1.29 is 32.6 Å². The number of carbonyl (C=O) groups excluding carboxylic acids is 2. The van der Waals surface area contributed by atoms with E-state index in [0.717, 1.165) is 6.07 Å². The fourth-order valence-electron chi connectivity index (χ4n) is 2.38. The zero-order valence-electron chi connectivity index (χ0n) is 16.8. The molecule has 0 saturated carbocycles. The van der Waals surface area contributed by atoms with Gasteiger partial charge in [0.15, 0.2) is 11.6 Å². The average molecular weight is 425 g/mol. The second-order valence-electron chi connectivity index (χ2n) is 7.22. The van der Waals surface area contributed by atoms with E-state index in [2.05, 4.69) is 20.4 Å². The third-order valence-electron chi connectivity index (χ3n) is 3.78. The van der Waals surface area contributed by atoms with Crippen molar-refractivity contribution in [2.75, 3.05) is 5.32 Å². The number of nitrogens with one attached hydrogen (secondary N) is 2. The number of hydrogen-bond donors (Lipinski definition) is 3. The number of carbonyl (C=O) groups is 2. The maximum Gasteiger partial charge on any atom is 0.395 e. The number of aliphatic hydroxyl groups is 1. The molecule has 0 bridgehead atoms. The number of nitrogens with zero attached hydrogens (tertiary/aromatic N) is 1. The van der Waals surface area contributed by atoms with Crippen molar-refractivity contribution in [1.29, 1.82) is 0 Å². The van der Waals surface area contributed by atoms with Gasteiger partial charge in [0.1, 0.15) is 11.4 Å². The first kappa shape index (κ1) is 23.1. The van der Waals surface area contributed by atoms with Crippen LogP contribution in [0.25, 0.3) is 0 Å². The monoisotopic (exact) mass is 425 g/mol. The number of amides is 2. The third-order valence-corrected chi connectivity index (χ3v) is 3.78. The smallest absolute Gasteiger partial charge is 0.395 e. The van der Waals surface area contributed by atoms with Crippen LogP contribution >= 0.6 is 0 Å². The number of halogens is 3. The van der Waals surface area contributed by atoms with Crippen LogP contribution in [0.4, 0.5) is 19.0 Å². The summed E-state index contributed by atoms with van der Waals surface area (Å²) in [4.78, 5) is 28.4. The molecule has 0 unspecified atom stereocenters. The summed E-state index contributed by atoms with van der Waals surface area (Å²) >= 11 is 0. The Morgan fingerprint density at radius 1 is 1.20 bits per heavy atom. The molecule has 2 aromatic rings. The van der Waals surface area contributed by atoms with Crippen molar-refractivity contribution in [2.24, 2.45) is 0 Å². The Morgan fingerprint density at radius 3 is 2.47 bits per heavy atom. The molecule has 1 aromatic heterocycles. The highest BCUT2D eigenvalue weighted by Gasteiger charge is 2.26. The van der Waals surface area contributed by atoms with Crippen LogP contribution in [0.5, 0.6) is 5.75 Å². The van der Waals surface area contributed by atoms with Gasteiger partial charge in [0.2, 0.25) is 0 Å². The molecule has 0 radical (unpaired) electrons. The molecule has 7 nitrogen and oxygen atoms in total. The maximum atomic E-state index is 14.3. The van der Waals surface area contributed by atoms with Crippen LogP contribution in [0.1, 0.15) is 42.4 Å². The van der Waals surface area contributed by atoms with Gasteiger partial charge < -0.3 is 20.5 Å². The lowest BCUT2D eigenvalue weighted by Gasteiger charge is -2.17. The first-order valence-electron chi connectivity index (χ1n) is 8.91. The standard InChI is InChI=1S/C20H22F3N3O4/c1-11-8-13(9-15(25-11)26-18(28)19(2,3)29)17(27)24-10-12-6-5-7-14(16(12)21)30-20(4,22)23/h5-9,29H,10H2,1-4H3,(H,24,27)(H,25,26,28). The average Bonchev–Trinajstić information content (AvgIpc) is 2.59. The van der Waals surface area contributed by atoms with Gasteiger partial charge in [0, 0.05) is 30.3 Å². The SMILES string of the molecule is Cc1cc(C(=O)NCc2cccc(OC(C)(F)F)c2F)cc(NC(=O)C(C)(C)O)n1. The zero-order chi connectivity index (χ0) is 22.7. The second-order valence-corrected chi connectivity index (χ2v) is 7.22. The Kier molecular flexibility index (Phi) is 6.71. The van der Waals surface area contributed by atoms with Crippen molar-refractivity contribution in [2.45, 2.75) is 45.9 Å². The number of benzene rings is 1. The van der Waals surface area contributed by atoms with Crippen LogP contribution in [0.15, 0.2) is 30.3 Å². The summed E-state index contributed by atoms with van der Waals surface area (Å²) in [5.74, 6) is -2.91. The van der Waals surface area contributed by atoms with Gasteiger partial charge in [-0.25, -0.2) is 9.37 Å². The van der Waals surface area contributed by atoms with Crippen LogP contribution < -0.4 is 15.4 Å². The molecule has 3 N–H and O–H groups in total. The van der Waals surface area contributed by atoms with E-state index in [9.17, 15) is 27.9 Å². The molecule has 2 amide bonds. The molecular weight excluding hydrogens is 403 g/mol. The Balaban J connectivity index is 2.14. The topological polar surface area (TPSA) is 101 Å². The summed E-state index contributed by atoms with van der Waals surface area (Å²) < 4.78 is 44.6. The van der Waals surface area contributed by atoms with Gasteiger partial charge in [-0.15, -0.1) is 0 Å². The number of ether oxygens (including phenoxy) is 1.